The van der Waals surface area contributed by atoms with Crippen molar-refractivity contribution in [3.05, 3.63) is 198 Å². The number of carbonyl (C=O) groups is 3. The van der Waals surface area contributed by atoms with Crippen molar-refractivity contribution in [2.45, 2.75) is 170 Å². The van der Waals surface area contributed by atoms with Crippen LogP contribution in [0.3, 0.4) is 0 Å². The molecule has 0 radical (unpaired) electrons. The Morgan fingerprint density at radius 3 is 1.11 bits per heavy atom. The Morgan fingerprint density at radius 1 is 0.458 bits per heavy atom. The minimum Gasteiger partial charge on any atom is -0.393 e. The van der Waals surface area contributed by atoms with Crippen molar-refractivity contribution in [1.82, 2.24) is 103 Å². The number of hydrogen-bond donors (Lipinski definition) is 7. The maximum Gasteiger partial charge on any atom is 0.276 e. The molecule has 0 saturated heterocycles. The number of aromatic amines is 5. The van der Waals surface area contributed by atoms with Crippen LogP contribution in [0.1, 0.15) is 243 Å². The molecular formula is C83H92N26O9. The minimum atomic E-state index is -0.263. The first kappa shape index (κ1) is 83.5. The number of amides is 3. The molecule has 35 nitrogen and oxygen atoms in total. The number of aromatic nitrogens is 17. The van der Waals surface area contributed by atoms with Crippen LogP contribution in [-0.2, 0) is 14.4 Å². The lowest BCUT2D eigenvalue weighted by Gasteiger charge is -2.31. The molecule has 35 heteroatoms. The number of carbonyl (C=O) groups excluding carboxylic acids is 3. The van der Waals surface area contributed by atoms with E-state index in [1.165, 1.54) is 60.5 Å². The van der Waals surface area contributed by atoms with E-state index in [-0.39, 0.29) is 87.3 Å². The van der Waals surface area contributed by atoms with Gasteiger partial charge in [-0.05, 0) is 77.6 Å². The third-order valence-corrected chi connectivity index (χ3v) is 21.3. The highest BCUT2D eigenvalue weighted by Gasteiger charge is 2.33. The second-order valence-corrected chi connectivity index (χ2v) is 30.8. The molecule has 0 aromatic carbocycles. The molecule has 1 saturated carbocycles. The molecule has 608 valence electrons. The number of aliphatic hydroxyl groups excluding tert-OH is 1. The molecule has 5 aliphatic rings. The van der Waals surface area contributed by atoms with E-state index >= 15 is 0 Å². The van der Waals surface area contributed by atoms with Crippen molar-refractivity contribution in [3.63, 3.8) is 0 Å². The summed E-state index contributed by atoms with van der Waals surface area (Å²) >= 11 is 0. The van der Waals surface area contributed by atoms with Crippen LogP contribution in [0.5, 0.6) is 0 Å². The maximum absolute atomic E-state index is 12.9. The molecule has 11 aromatic heterocycles. The highest BCUT2D eigenvalue weighted by Crippen LogP contribution is 2.35. The predicted octanol–water partition coefficient (Wildman–Crippen LogP) is 7.93. The van der Waals surface area contributed by atoms with Gasteiger partial charge < -0.3 is 25.1 Å². The number of nitriles is 5. The number of hydrogen-bond acceptors (Lipinski definition) is 21. The Morgan fingerprint density at radius 2 is 0.780 bits per heavy atom. The van der Waals surface area contributed by atoms with Crippen LogP contribution in [0.2, 0.25) is 0 Å². The van der Waals surface area contributed by atoms with Crippen LogP contribution in [0.4, 0.5) is 0 Å². The second kappa shape index (κ2) is 35.0. The Labute approximate surface area is 675 Å². The molecule has 0 atom stereocenters. The third-order valence-electron chi connectivity index (χ3n) is 21.3. The molecular weight excluding hydrogens is 1510 g/mol. The van der Waals surface area contributed by atoms with Gasteiger partial charge in [-0.25, -0.2) is 47.5 Å². The van der Waals surface area contributed by atoms with Crippen LogP contribution in [0.25, 0.3) is 61.8 Å². The number of H-pyrrole nitrogens is 5. The van der Waals surface area contributed by atoms with Gasteiger partial charge in [-0.1, -0.05) is 107 Å². The Balaban J connectivity index is 0.000000136. The fourth-order valence-corrected chi connectivity index (χ4v) is 15.1. The highest BCUT2D eigenvalue weighted by molar-refractivity contribution is 5.83. The van der Waals surface area contributed by atoms with E-state index in [0.29, 0.717) is 184 Å². The number of nitrogens with one attached hydrogen (secondary N) is 6. The maximum atomic E-state index is 12.9. The molecule has 118 heavy (non-hydrogen) atoms. The van der Waals surface area contributed by atoms with Crippen LogP contribution in [0, 0.1) is 56.7 Å². The zero-order valence-corrected chi connectivity index (χ0v) is 67.9. The van der Waals surface area contributed by atoms with Crippen molar-refractivity contribution in [2.75, 3.05) is 52.4 Å². The van der Waals surface area contributed by atoms with Crippen LogP contribution in [-0.4, -0.2) is 179 Å². The van der Waals surface area contributed by atoms with Gasteiger partial charge in [0, 0.05) is 143 Å². The van der Waals surface area contributed by atoms with E-state index < -0.39 is 0 Å². The summed E-state index contributed by atoms with van der Waals surface area (Å²) in [4.78, 5) is 128. The fraction of sp³-hybridized carbons (Fsp3) is 0.410. The fourth-order valence-electron chi connectivity index (χ4n) is 15.1. The van der Waals surface area contributed by atoms with Gasteiger partial charge in [-0.2, -0.15) is 31.4 Å². The van der Waals surface area contributed by atoms with Crippen molar-refractivity contribution >= 4 is 68.2 Å². The van der Waals surface area contributed by atoms with E-state index in [2.05, 4.69) is 73.0 Å². The van der Waals surface area contributed by atoms with Gasteiger partial charge in [0.25, 0.3) is 27.8 Å². The number of fused-ring (bicyclic) bond motifs is 5. The molecule has 7 N–H and O–H groups in total. The van der Waals surface area contributed by atoms with Gasteiger partial charge in [0.1, 0.15) is 58.2 Å². The summed E-state index contributed by atoms with van der Waals surface area (Å²) in [5.41, 5.74) is 12.9. The average Bonchev–Trinajstić information content (AvgIpc) is 1.40. The monoisotopic (exact) mass is 1600 g/mol. The van der Waals surface area contributed by atoms with Crippen LogP contribution in [0.15, 0.2) is 91.7 Å². The first-order valence-corrected chi connectivity index (χ1v) is 39.2. The summed E-state index contributed by atoms with van der Waals surface area (Å²) in [5.74, 6) is 0.120. The molecule has 0 unspecified atom stereocenters. The van der Waals surface area contributed by atoms with Crippen LogP contribution >= 0.6 is 0 Å². The normalized spacial score (nSPS) is 15.8. The zero-order chi connectivity index (χ0) is 85.0. The Bertz CT molecular complexity index is 6500. The number of nitrogens with zero attached hydrogens (tertiary/aromatic N) is 20. The Hall–Kier alpha value is -14.0. The zero-order valence-electron chi connectivity index (χ0n) is 67.9. The second-order valence-electron chi connectivity index (χ2n) is 30.8. The molecule has 11 aromatic rings. The van der Waals surface area contributed by atoms with E-state index in [0.717, 1.165) is 47.2 Å². The number of rotatable bonds is 13. The summed E-state index contributed by atoms with van der Waals surface area (Å²) in [5, 5.41) is 77.1. The lowest BCUT2D eigenvalue weighted by molar-refractivity contribution is -0.130. The topological polar surface area (TPSA) is 481 Å². The van der Waals surface area contributed by atoms with Crippen molar-refractivity contribution in [3.8, 4) is 41.6 Å². The first-order chi connectivity index (χ1) is 56.5. The quantitative estimate of drug-likeness (QED) is 0.0576. The summed E-state index contributed by atoms with van der Waals surface area (Å²) < 4.78 is 8.41. The Kier molecular flexibility index (Phi) is 24.8. The smallest absolute Gasteiger partial charge is 0.276 e. The van der Waals surface area contributed by atoms with Gasteiger partial charge in [-0.15, -0.1) is 0 Å². The first-order valence-electron chi connectivity index (χ1n) is 39.2. The minimum absolute atomic E-state index is 0.00357. The van der Waals surface area contributed by atoms with Crippen LogP contribution < -0.4 is 33.1 Å². The summed E-state index contributed by atoms with van der Waals surface area (Å²) in [6, 6.07) is 10.4. The molecule has 0 spiro atoms. The van der Waals surface area contributed by atoms with Crippen molar-refractivity contribution in [2.24, 2.45) is 0 Å². The van der Waals surface area contributed by atoms with Gasteiger partial charge in [0.05, 0.1) is 46.8 Å². The molecule has 4 aliphatic heterocycles. The summed E-state index contributed by atoms with van der Waals surface area (Å²) in [7, 11) is 0. The molecule has 16 rings (SSSR count). The molecule has 15 heterocycles. The average molecular weight is 1600 g/mol. The predicted molar refractivity (Wildman–Crippen MR) is 439 cm³/mol. The lowest BCUT2D eigenvalue weighted by Crippen LogP contribution is -2.36. The van der Waals surface area contributed by atoms with Gasteiger partial charge in [0.2, 0.25) is 17.7 Å². The highest BCUT2D eigenvalue weighted by atomic mass is 16.3. The van der Waals surface area contributed by atoms with Gasteiger partial charge >= 0.3 is 0 Å². The molecule has 3 amide bonds. The third kappa shape index (κ3) is 16.1. The lowest BCUT2D eigenvalue weighted by atomic mass is 9.90. The van der Waals surface area contributed by atoms with Gasteiger partial charge in [-0.3, -0.25) is 68.5 Å². The molecule has 0 bridgehead atoms. The van der Waals surface area contributed by atoms with Gasteiger partial charge in [0.15, 0.2) is 28.2 Å². The van der Waals surface area contributed by atoms with Crippen molar-refractivity contribution < 1.29 is 19.5 Å². The van der Waals surface area contributed by atoms with Crippen molar-refractivity contribution in [1.29, 1.82) is 26.3 Å². The largest absolute Gasteiger partial charge is 0.393 e. The van der Waals surface area contributed by atoms with E-state index in [4.69, 9.17) is 5.26 Å². The van der Waals surface area contributed by atoms with E-state index in [1.807, 2.05) is 136 Å². The molecule has 1 fully saturated rings. The molecule has 1 aliphatic carbocycles. The standard InChI is InChI=1S/C18H21N5O2.C17H18N6O2.2C17H19N5O2.C14H15N5O/c1-4-14(24)22-7-5-6-12(10-22)16-15(11(2)3)18(25)23-17(21-16)13(8-19)9-20-23;1-9(2)14-15(11-7-19-22(8-11)12-3-13(24)4-12)21-16-10(5-18)6-20-23(16)17(14)25;1-10(2)14-15(12-5-4-6-21(9-12)11(3)23)20-16-13(7-18)8-19-22(16)17(14)24;1-4-13(23)21-6-5-11(9-21)15-14(10(2)3)17(24)22-16(20-15)12(7-18)8-19-22;1-8(2)11-12(9-3-4-16-6-9)18-13-10(5-15)7-17-19(13)14(11)20/h6,9,11,20H,4-5,7,10H2,1-3H3;6-9,12-13,20,24H,3-4H2,1-2H3;2*5,8,10,19H,4,6,9H2,1-3H3;3,7-8,16-17H,4,6H2,1-2H3. The summed E-state index contributed by atoms with van der Waals surface area (Å²) in [6.45, 7) is 29.4. The summed E-state index contributed by atoms with van der Waals surface area (Å²) in [6.07, 6.45) is 22.5. The number of aliphatic hydroxyl groups is 1. The van der Waals surface area contributed by atoms with E-state index in [9.17, 15) is 64.5 Å². The van der Waals surface area contributed by atoms with E-state index in [1.54, 1.807) is 20.9 Å². The SMILES string of the molecule is CC(=O)N1CCC=C(c2nc3c(C#N)c[nH]n3c(=O)c2C(C)C)C1.CC(C)c1c(-c2cnn(C3CC(O)C3)c2)nc2c(C#N)c[nH]n2c1=O.CC(C)c1c(C2=CCNC2)nc2c(C#N)c[nH]n2c1=O.CCC(=O)N1CC=C(c2nc3c(C#N)c[nH]n3c(=O)c2C(C)C)C1.CCC(=O)N1CCC=C(c2nc3c(C#N)c[nH]n3c(=O)c2C(C)C)C1.